The molecule has 0 amide bonds. The average molecular weight is 341 g/mol. The van der Waals surface area contributed by atoms with Gasteiger partial charge in [0, 0.05) is 24.5 Å². The summed E-state index contributed by atoms with van der Waals surface area (Å²) in [6, 6.07) is 3.71. The molecule has 2 atom stereocenters. The van der Waals surface area contributed by atoms with Crippen molar-refractivity contribution >= 4 is 23.5 Å². The maximum Gasteiger partial charge on any atom is 0.227 e. The SMILES string of the molecule is CSc1nc2n(n1)[C@@H](c1ccncc1)[C@@H]1C(=O)CC(C)(C)C=C1N2. The van der Waals surface area contributed by atoms with Crippen LogP contribution >= 0.6 is 11.8 Å². The van der Waals surface area contributed by atoms with Crippen LogP contribution in [0.25, 0.3) is 0 Å². The van der Waals surface area contributed by atoms with Gasteiger partial charge < -0.3 is 5.32 Å². The van der Waals surface area contributed by atoms with Gasteiger partial charge in [-0.2, -0.15) is 4.98 Å². The monoisotopic (exact) mass is 341 g/mol. The minimum Gasteiger partial charge on any atom is -0.328 e. The summed E-state index contributed by atoms with van der Waals surface area (Å²) in [4.78, 5) is 21.6. The number of ketones is 1. The Morgan fingerprint density at radius 2 is 2.08 bits per heavy atom. The second-order valence-corrected chi connectivity index (χ2v) is 7.70. The van der Waals surface area contributed by atoms with Gasteiger partial charge in [0.05, 0.1) is 12.0 Å². The molecular weight excluding hydrogens is 322 g/mol. The Morgan fingerprint density at radius 1 is 1.33 bits per heavy atom. The number of fused-ring (bicyclic) bond motifs is 2. The van der Waals surface area contributed by atoms with Crippen LogP contribution in [0.15, 0.2) is 41.5 Å². The highest BCUT2D eigenvalue weighted by Crippen LogP contribution is 2.45. The number of hydrogen-bond donors (Lipinski definition) is 1. The van der Waals surface area contributed by atoms with E-state index >= 15 is 0 Å². The number of pyridine rings is 1. The van der Waals surface area contributed by atoms with Gasteiger partial charge in [0.25, 0.3) is 0 Å². The first kappa shape index (κ1) is 15.4. The largest absolute Gasteiger partial charge is 0.328 e. The van der Waals surface area contributed by atoms with Gasteiger partial charge in [-0.15, -0.1) is 5.10 Å². The van der Waals surface area contributed by atoms with E-state index in [1.165, 1.54) is 11.8 Å². The van der Waals surface area contributed by atoms with Crippen molar-refractivity contribution in [1.29, 1.82) is 0 Å². The van der Waals surface area contributed by atoms with Crippen LogP contribution in [0, 0.1) is 11.3 Å². The third kappa shape index (κ3) is 2.43. The van der Waals surface area contributed by atoms with Gasteiger partial charge in [-0.1, -0.05) is 31.7 Å². The second-order valence-electron chi connectivity index (χ2n) is 6.93. The highest BCUT2D eigenvalue weighted by atomic mass is 32.2. The summed E-state index contributed by atoms with van der Waals surface area (Å²) in [5, 5.41) is 8.63. The number of carbonyl (C=O) groups is 1. The molecule has 6 nitrogen and oxygen atoms in total. The van der Waals surface area contributed by atoms with Crippen LogP contribution in [0.5, 0.6) is 0 Å². The molecule has 0 radical (unpaired) electrons. The second kappa shape index (κ2) is 5.44. The predicted octanol–water partition coefficient (Wildman–Crippen LogP) is 2.91. The Bertz CT molecular complexity index is 827. The van der Waals surface area contributed by atoms with Gasteiger partial charge in [-0.25, -0.2) is 4.68 Å². The fourth-order valence-corrected chi connectivity index (χ4v) is 3.94. The molecule has 7 heteroatoms. The molecule has 1 N–H and O–H groups in total. The molecule has 0 aromatic carbocycles. The molecule has 0 saturated carbocycles. The fourth-order valence-electron chi connectivity index (χ4n) is 3.59. The predicted molar refractivity (Wildman–Crippen MR) is 92.8 cm³/mol. The summed E-state index contributed by atoms with van der Waals surface area (Å²) in [7, 11) is 0. The van der Waals surface area contributed by atoms with Crippen LogP contribution in [0.4, 0.5) is 5.95 Å². The molecule has 0 saturated heterocycles. The standard InChI is InChI=1S/C17H19N5OS/c1-17(2)8-11-13(12(23)9-17)14(10-4-6-18-7-5-10)22-15(19-11)20-16(21-22)24-3/h4-8,13-14H,9H2,1-3H3,(H,19,20,21)/t13-,14-/m0/s1. The lowest BCUT2D eigenvalue weighted by Crippen LogP contribution is -2.42. The maximum atomic E-state index is 13.0. The van der Waals surface area contributed by atoms with Gasteiger partial charge >= 0.3 is 0 Å². The number of Topliss-reactive ketones (excluding diaryl/α,β-unsaturated/α-hetero) is 1. The molecule has 3 heterocycles. The lowest BCUT2D eigenvalue weighted by molar-refractivity contribution is -0.125. The lowest BCUT2D eigenvalue weighted by atomic mass is 9.72. The van der Waals surface area contributed by atoms with Crippen molar-refractivity contribution in [3.05, 3.63) is 41.9 Å². The zero-order valence-corrected chi connectivity index (χ0v) is 14.7. The molecule has 4 rings (SSSR count). The van der Waals surface area contributed by atoms with Crippen molar-refractivity contribution in [2.75, 3.05) is 11.6 Å². The molecule has 1 aliphatic carbocycles. The number of aromatic nitrogens is 4. The van der Waals surface area contributed by atoms with Crippen molar-refractivity contribution in [2.45, 2.75) is 31.5 Å². The molecule has 0 fully saturated rings. The van der Waals surface area contributed by atoms with E-state index in [1.54, 1.807) is 12.4 Å². The molecule has 0 bridgehead atoms. The van der Waals surface area contributed by atoms with E-state index in [0.717, 1.165) is 11.3 Å². The van der Waals surface area contributed by atoms with Crippen LogP contribution < -0.4 is 5.32 Å². The number of allylic oxidation sites excluding steroid dienone is 2. The smallest absolute Gasteiger partial charge is 0.227 e. The highest BCUT2D eigenvalue weighted by Gasteiger charge is 2.44. The Kier molecular flexibility index (Phi) is 3.49. The van der Waals surface area contributed by atoms with E-state index in [1.807, 2.05) is 23.1 Å². The van der Waals surface area contributed by atoms with Crippen molar-refractivity contribution < 1.29 is 4.79 Å². The van der Waals surface area contributed by atoms with E-state index < -0.39 is 0 Å². The Labute approximate surface area is 144 Å². The van der Waals surface area contributed by atoms with Crippen molar-refractivity contribution in [3.63, 3.8) is 0 Å². The first-order valence-corrected chi connectivity index (χ1v) is 9.14. The molecule has 0 spiro atoms. The van der Waals surface area contributed by atoms with Crippen molar-refractivity contribution in [2.24, 2.45) is 11.3 Å². The summed E-state index contributed by atoms with van der Waals surface area (Å²) in [5.74, 6) is 0.664. The van der Waals surface area contributed by atoms with E-state index in [-0.39, 0.29) is 23.2 Å². The minimum absolute atomic E-state index is 0.150. The third-order valence-electron chi connectivity index (χ3n) is 4.54. The number of nitrogens with one attached hydrogen (secondary N) is 1. The summed E-state index contributed by atoms with van der Waals surface area (Å²) in [6.07, 6.45) is 8.16. The number of anilines is 1. The topological polar surface area (TPSA) is 72.7 Å². The first-order chi connectivity index (χ1) is 11.5. The Hall–Kier alpha value is -2.15. The summed E-state index contributed by atoms with van der Waals surface area (Å²) < 4.78 is 1.85. The molecule has 2 aromatic rings. The minimum atomic E-state index is -0.260. The van der Waals surface area contributed by atoms with Crippen LogP contribution in [-0.4, -0.2) is 31.8 Å². The van der Waals surface area contributed by atoms with Gasteiger partial charge in [0.15, 0.2) is 0 Å². The molecular formula is C17H19N5OS. The van der Waals surface area contributed by atoms with Gasteiger partial charge in [0.1, 0.15) is 5.78 Å². The van der Waals surface area contributed by atoms with E-state index in [4.69, 9.17) is 0 Å². The summed E-state index contributed by atoms with van der Waals surface area (Å²) in [6.45, 7) is 4.17. The van der Waals surface area contributed by atoms with Gasteiger partial charge in [0.2, 0.25) is 11.1 Å². The molecule has 2 aromatic heterocycles. The molecule has 2 aliphatic rings. The first-order valence-electron chi connectivity index (χ1n) is 7.91. The molecule has 1 aliphatic heterocycles. The average Bonchev–Trinajstić information content (AvgIpc) is 2.95. The maximum absolute atomic E-state index is 13.0. The van der Waals surface area contributed by atoms with Crippen LogP contribution in [0.2, 0.25) is 0 Å². The quantitative estimate of drug-likeness (QED) is 0.847. The third-order valence-corrected chi connectivity index (χ3v) is 5.07. The number of nitrogens with zero attached hydrogens (tertiary/aromatic N) is 4. The Balaban J connectivity index is 1.91. The Morgan fingerprint density at radius 3 is 2.79 bits per heavy atom. The molecule has 24 heavy (non-hydrogen) atoms. The zero-order valence-electron chi connectivity index (χ0n) is 13.9. The zero-order chi connectivity index (χ0) is 16.9. The molecule has 124 valence electrons. The number of carbonyl (C=O) groups excluding carboxylic acids is 1. The fraction of sp³-hybridized carbons (Fsp3) is 0.412. The van der Waals surface area contributed by atoms with E-state index in [0.29, 0.717) is 17.5 Å². The normalized spacial score (nSPS) is 24.6. The van der Waals surface area contributed by atoms with Gasteiger partial charge in [-0.05, 0) is 29.4 Å². The van der Waals surface area contributed by atoms with Crippen molar-refractivity contribution in [1.82, 2.24) is 19.7 Å². The van der Waals surface area contributed by atoms with E-state index in [2.05, 4.69) is 40.3 Å². The lowest BCUT2D eigenvalue weighted by Gasteiger charge is -2.40. The number of hydrogen-bond acceptors (Lipinski definition) is 6. The van der Waals surface area contributed by atoms with Crippen LogP contribution in [-0.2, 0) is 4.79 Å². The summed E-state index contributed by atoms with van der Waals surface area (Å²) in [5.41, 5.74) is 1.81. The molecule has 0 unspecified atom stereocenters. The number of rotatable bonds is 2. The summed E-state index contributed by atoms with van der Waals surface area (Å²) >= 11 is 1.49. The van der Waals surface area contributed by atoms with Crippen molar-refractivity contribution in [3.8, 4) is 0 Å². The van der Waals surface area contributed by atoms with Crippen LogP contribution in [0.3, 0.4) is 0 Å². The number of thioether (sulfide) groups is 1. The van der Waals surface area contributed by atoms with E-state index in [9.17, 15) is 4.79 Å². The van der Waals surface area contributed by atoms with Crippen LogP contribution in [0.1, 0.15) is 31.9 Å². The van der Waals surface area contributed by atoms with Gasteiger partial charge in [-0.3, -0.25) is 9.78 Å². The highest BCUT2D eigenvalue weighted by molar-refractivity contribution is 7.98.